The Morgan fingerprint density at radius 3 is 2.67 bits per heavy atom. The van der Waals surface area contributed by atoms with Gasteiger partial charge in [0.2, 0.25) is 0 Å². The number of rotatable bonds is 6. The number of aromatic amines is 1. The lowest BCUT2D eigenvalue weighted by atomic mass is 9.88. The Kier molecular flexibility index (Phi) is 5.35. The first-order valence-electron chi connectivity index (χ1n) is 10.4. The van der Waals surface area contributed by atoms with Crippen LogP contribution in [0.2, 0.25) is 0 Å². The molecule has 4 aromatic rings. The lowest BCUT2D eigenvalue weighted by Gasteiger charge is -2.31. The second-order valence-corrected chi connectivity index (χ2v) is 7.84. The van der Waals surface area contributed by atoms with Crippen LogP contribution in [0.1, 0.15) is 35.7 Å². The highest BCUT2D eigenvalue weighted by Crippen LogP contribution is 2.30. The van der Waals surface area contributed by atoms with Crippen LogP contribution >= 0.6 is 0 Å². The molecule has 7 heteroatoms. The number of imidazole rings is 1. The van der Waals surface area contributed by atoms with Crippen molar-refractivity contribution in [3.8, 4) is 11.4 Å². The highest BCUT2D eigenvalue weighted by molar-refractivity contribution is 5.56. The molecule has 5 rings (SSSR count). The number of H-pyrrole nitrogens is 1. The molecule has 3 aromatic heterocycles. The maximum absolute atomic E-state index is 4.38. The van der Waals surface area contributed by atoms with Crippen LogP contribution in [0.15, 0.2) is 67.3 Å². The van der Waals surface area contributed by atoms with Gasteiger partial charge in [-0.3, -0.25) is 9.88 Å². The summed E-state index contributed by atoms with van der Waals surface area (Å²) in [5.74, 6) is 1.53. The molecule has 30 heavy (non-hydrogen) atoms. The molecule has 1 aliphatic heterocycles. The molecule has 1 aromatic carbocycles. The summed E-state index contributed by atoms with van der Waals surface area (Å²) < 4.78 is 1.87. The third kappa shape index (κ3) is 4.31. The van der Waals surface area contributed by atoms with Crippen LogP contribution in [0.5, 0.6) is 0 Å². The summed E-state index contributed by atoms with van der Waals surface area (Å²) in [7, 11) is 0. The first kappa shape index (κ1) is 18.7. The predicted octanol–water partition coefficient (Wildman–Crippen LogP) is 3.49. The van der Waals surface area contributed by atoms with E-state index >= 15 is 0 Å². The average molecular weight is 400 g/mol. The Bertz CT molecular complexity index is 1060. The molecule has 4 heterocycles. The Morgan fingerprint density at radius 2 is 1.87 bits per heavy atom. The van der Waals surface area contributed by atoms with Gasteiger partial charge in [-0.15, -0.1) is 5.10 Å². The van der Waals surface area contributed by atoms with Crippen molar-refractivity contribution in [2.45, 2.75) is 31.8 Å². The fourth-order valence-electron chi connectivity index (χ4n) is 4.16. The summed E-state index contributed by atoms with van der Waals surface area (Å²) in [4.78, 5) is 14.4. The van der Waals surface area contributed by atoms with Gasteiger partial charge >= 0.3 is 0 Å². The summed E-state index contributed by atoms with van der Waals surface area (Å²) in [6.07, 6.45) is 9.82. The number of nitrogens with one attached hydrogen (secondary N) is 1. The van der Waals surface area contributed by atoms with E-state index in [9.17, 15) is 0 Å². The molecule has 1 N–H and O–H groups in total. The Balaban J connectivity index is 1.17. The van der Waals surface area contributed by atoms with E-state index < -0.39 is 0 Å². The fraction of sp³-hybridized carbons (Fsp3) is 0.304. The molecular formula is C23H25N7. The molecule has 1 aliphatic rings. The minimum absolute atomic E-state index is 0.594. The summed E-state index contributed by atoms with van der Waals surface area (Å²) in [5.41, 5.74) is 4.57. The molecule has 0 saturated carbocycles. The summed E-state index contributed by atoms with van der Waals surface area (Å²) in [5, 5.41) is 8.62. The van der Waals surface area contributed by atoms with Crippen molar-refractivity contribution in [2.75, 3.05) is 13.1 Å². The normalized spacial score (nSPS) is 15.5. The van der Waals surface area contributed by atoms with Gasteiger partial charge in [0.25, 0.3) is 0 Å². The molecule has 0 atom stereocenters. The van der Waals surface area contributed by atoms with Gasteiger partial charge in [-0.1, -0.05) is 29.5 Å². The van der Waals surface area contributed by atoms with Gasteiger partial charge in [0, 0.05) is 30.7 Å². The van der Waals surface area contributed by atoms with Crippen molar-refractivity contribution in [3.63, 3.8) is 0 Å². The lowest BCUT2D eigenvalue weighted by molar-refractivity contribution is 0.202. The first-order chi connectivity index (χ1) is 14.8. The molecule has 1 saturated heterocycles. The molecule has 0 aliphatic carbocycles. The Labute approximate surface area is 175 Å². The number of benzene rings is 1. The van der Waals surface area contributed by atoms with Gasteiger partial charge in [0.15, 0.2) is 0 Å². The zero-order valence-electron chi connectivity index (χ0n) is 16.9. The molecule has 0 amide bonds. The van der Waals surface area contributed by atoms with Gasteiger partial charge in [0.05, 0.1) is 24.1 Å². The van der Waals surface area contributed by atoms with Crippen LogP contribution < -0.4 is 0 Å². The zero-order chi connectivity index (χ0) is 20.2. The van der Waals surface area contributed by atoms with Gasteiger partial charge in [-0.25, -0.2) is 9.67 Å². The van der Waals surface area contributed by atoms with Gasteiger partial charge in [-0.2, -0.15) is 0 Å². The van der Waals surface area contributed by atoms with Crippen LogP contribution in [0.3, 0.4) is 0 Å². The highest BCUT2D eigenvalue weighted by atomic mass is 15.4. The second-order valence-electron chi connectivity index (χ2n) is 7.84. The number of pyridine rings is 1. The smallest absolute Gasteiger partial charge is 0.137 e. The molecule has 7 nitrogen and oxygen atoms in total. The number of hydrogen-bond donors (Lipinski definition) is 1. The van der Waals surface area contributed by atoms with Crippen LogP contribution in [0.4, 0.5) is 0 Å². The minimum atomic E-state index is 0.594. The van der Waals surface area contributed by atoms with Gasteiger partial charge in [0.1, 0.15) is 5.82 Å². The fourth-order valence-corrected chi connectivity index (χ4v) is 4.16. The SMILES string of the molecule is c1ccc(Cn2cc(CN3CCC(c4cccc(-c5ncc[nH]5)c4)CC3)nn2)nc1. The molecule has 152 valence electrons. The van der Waals surface area contributed by atoms with E-state index in [-0.39, 0.29) is 0 Å². The predicted molar refractivity (Wildman–Crippen MR) is 115 cm³/mol. The molecule has 0 unspecified atom stereocenters. The lowest BCUT2D eigenvalue weighted by Crippen LogP contribution is -2.32. The van der Waals surface area contributed by atoms with Crippen LogP contribution in [0, 0.1) is 0 Å². The Hall–Kier alpha value is -3.32. The van der Waals surface area contributed by atoms with Crippen LogP contribution in [-0.4, -0.2) is 47.9 Å². The maximum Gasteiger partial charge on any atom is 0.137 e. The van der Waals surface area contributed by atoms with Crippen molar-refractivity contribution in [1.29, 1.82) is 0 Å². The van der Waals surface area contributed by atoms with Crippen molar-refractivity contribution in [1.82, 2.24) is 34.8 Å². The van der Waals surface area contributed by atoms with Crippen LogP contribution in [-0.2, 0) is 13.1 Å². The van der Waals surface area contributed by atoms with Crippen molar-refractivity contribution in [2.24, 2.45) is 0 Å². The van der Waals surface area contributed by atoms with Gasteiger partial charge < -0.3 is 4.98 Å². The maximum atomic E-state index is 4.38. The van der Waals surface area contributed by atoms with Crippen molar-refractivity contribution < 1.29 is 0 Å². The topological polar surface area (TPSA) is 75.5 Å². The summed E-state index contributed by atoms with van der Waals surface area (Å²) in [6.45, 7) is 3.65. The van der Waals surface area contributed by atoms with E-state index in [4.69, 9.17) is 0 Å². The quantitative estimate of drug-likeness (QED) is 0.537. The van der Waals surface area contributed by atoms with Crippen LogP contribution in [0.25, 0.3) is 11.4 Å². The molecule has 0 spiro atoms. The number of aromatic nitrogens is 6. The highest BCUT2D eigenvalue weighted by Gasteiger charge is 2.22. The van der Waals surface area contributed by atoms with E-state index in [0.29, 0.717) is 12.5 Å². The monoisotopic (exact) mass is 399 g/mol. The van der Waals surface area contributed by atoms with E-state index in [2.05, 4.69) is 54.4 Å². The third-order valence-corrected chi connectivity index (χ3v) is 5.74. The molecule has 0 bridgehead atoms. The van der Waals surface area contributed by atoms with E-state index in [1.807, 2.05) is 41.5 Å². The standard InChI is InChI=1S/C23H25N7/c1-2-9-24-21(6-1)16-30-17-22(27-28-30)15-29-12-7-18(8-13-29)19-4-3-5-20(14-19)23-25-10-11-26-23/h1-6,9-11,14,17-18H,7-8,12-13,15-16H2,(H,25,26). The number of likely N-dealkylation sites (tertiary alicyclic amines) is 1. The van der Waals surface area contributed by atoms with E-state index in [0.717, 1.165) is 55.3 Å². The number of piperidine rings is 1. The second kappa shape index (κ2) is 8.59. The molecule has 1 fully saturated rings. The average Bonchev–Trinajstić information content (AvgIpc) is 3.48. The van der Waals surface area contributed by atoms with Gasteiger partial charge in [-0.05, 0) is 55.6 Å². The zero-order valence-corrected chi connectivity index (χ0v) is 16.9. The van der Waals surface area contributed by atoms with E-state index in [1.165, 1.54) is 5.56 Å². The number of nitrogens with zero attached hydrogens (tertiary/aromatic N) is 6. The summed E-state index contributed by atoms with van der Waals surface area (Å²) in [6, 6.07) is 14.7. The molecular weight excluding hydrogens is 374 g/mol. The first-order valence-corrected chi connectivity index (χ1v) is 10.4. The number of hydrogen-bond acceptors (Lipinski definition) is 5. The largest absolute Gasteiger partial charge is 0.345 e. The van der Waals surface area contributed by atoms with E-state index in [1.54, 1.807) is 6.20 Å². The Morgan fingerprint density at radius 1 is 0.933 bits per heavy atom. The van der Waals surface area contributed by atoms with Crippen molar-refractivity contribution >= 4 is 0 Å². The third-order valence-electron chi connectivity index (χ3n) is 5.74. The summed E-state index contributed by atoms with van der Waals surface area (Å²) >= 11 is 0. The molecule has 0 radical (unpaired) electrons. The van der Waals surface area contributed by atoms with Crippen molar-refractivity contribution in [3.05, 3.63) is 84.2 Å². The minimum Gasteiger partial charge on any atom is -0.345 e.